The van der Waals surface area contributed by atoms with E-state index in [1.165, 1.54) is 4.68 Å². The van der Waals surface area contributed by atoms with Gasteiger partial charge in [0.1, 0.15) is 4.47 Å². The van der Waals surface area contributed by atoms with E-state index in [1.807, 2.05) is 0 Å². The molecule has 0 aliphatic heterocycles. The number of anilines is 1. The summed E-state index contributed by atoms with van der Waals surface area (Å²) in [5.41, 5.74) is 0.636. The molecule has 0 unspecified atom stereocenters. The molecular weight excluding hydrogens is 298 g/mol. The average molecular weight is 318 g/mol. The fourth-order valence-corrected chi connectivity index (χ4v) is 1.95. The minimum atomic E-state index is -0.0968. The molecule has 0 aliphatic rings. The number of ether oxygens (including phenoxy) is 1. The van der Waals surface area contributed by atoms with Gasteiger partial charge in [-0.1, -0.05) is 13.8 Å². The molecule has 1 rings (SSSR count). The van der Waals surface area contributed by atoms with Gasteiger partial charge in [0.25, 0.3) is 5.56 Å². The molecule has 0 radical (unpaired) electrons. The van der Waals surface area contributed by atoms with E-state index in [9.17, 15) is 4.79 Å². The summed E-state index contributed by atoms with van der Waals surface area (Å²) in [6.07, 6.45) is 2.57. The maximum Gasteiger partial charge on any atom is 0.283 e. The number of aromatic nitrogens is 2. The molecule has 1 heterocycles. The minimum Gasteiger partial charge on any atom is -0.385 e. The highest BCUT2D eigenvalue weighted by molar-refractivity contribution is 9.10. The van der Waals surface area contributed by atoms with Crippen LogP contribution < -0.4 is 10.9 Å². The third kappa shape index (κ3) is 4.42. The Kier molecular flexibility index (Phi) is 6.35. The highest BCUT2D eigenvalue weighted by Crippen LogP contribution is 2.16. The molecule has 0 spiro atoms. The molecule has 0 atom stereocenters. The second-order valence-electron chi connectivity index (χ2n) is 4.53. The third-order valence-corrected chi connectivity index (χ3v) is 3.13. The van der Waals surface area contributed by atoms with Crippen LogP contribution in [0.15, 0.2) is 15.5 Å². The summed E-state index contributed by atoms with van der Waals surface area (Å²) in [5.74, 6) is 0.391. The van der Waals surface area contributed by atoms with Gasteiger partial charge in [-0.2, -0.15) is 5.10 Å². The Bertz CT molecular complexity index is 432. The molecule has 0 saturated heterocycles. The largest absolute Gasteiger partial charge is 0.385 e. The van der Waals surface area contributed by atoms with Crippen LogP contribution in [-0.4, -0.2) is 30.0 Å². The number of methoxy groups -OCH3 is 1. The fraction of sp³-hybridized carbons (Fsp3) is 0.667. The van der Waals surface area contributed by atoms with Crippen molar-refractivity contribution in [2.24, 2.45) is 5.92 Å². The van der Waals surface area contributed by atoms with Crippen LogP contribution >= 0.6 is 15.9 Å². The van der Waals surface area contributed by atoms with Crippen LogP contribution in [0.1, 0.15) is 20.3 Å². The molecule has 102 valence electrons. The first kappa shape index (κ1) is 15.2. The van der Waals surface area contributed by atoms with Crippen molar-refractivity contribution in [3.63, 3.8) is 0 Å². The van der Waals surface area contributed by atoms with Crippen molar-refractivity contribution >= 4 is 21.6 Å². The van der Waals surface area contributed by atoms with Gasteiger partial charge in [0.15, 0.2) is 0 Å². The van der Waals surface area contributed by atoms with E-state index >= 15 is 0 Å². The van der Waals surface area contributed by atoms with E-state index in [4.69, 9.17) is 4.74 Å². The molecule has 0 fully saturated rings. The second kappa shape index (κ2) is 7.53. The fourth-order valence-electron chi connectivity index (χ4n) is 1.50. The quantitative estimate of drug-likeness (QED) is 0.783. The average Bonchev–Trinajstić information content (AvgIpc) is 2.32. The molecule has 1 aromatic heterocycles. The van der Waals surface area contributed by atoms with Crippen LogP contribution in [0, 0.1) is 5.92 Å². The van der Waals surface area contributed by atoms with Crippen LogP contribution in [0.4, 0.5) is 5.69 Å². The maximum absolute atomic E-state index is 12.0. The van der Waals surface area contributed by atoms with Gasteiger partial charge in [-0.3, -0.25) is 4.79 Å². The van der Waals surface area contributed by atoms with Crippen molar-refractivity contribution in [2.45, 2.75) is 26.8 Å². The van der Waals surface area contributed by atoms with E-state index in [-0.39, 0.29) is 5.56 Å². The molecular formula is C12H20BrN3O2. The molecule has 5 nitrogen and oxygen atoms in total. The molecule has 1 N–H and O–H groups in total. The Morgan fingerprint density at radius 2 is 2.28 bits per heavy atom. The normalized spacial score (nSPS) is 10.9. The molecule has 0 aliphatic carbocycles. The van der Waals surface area contributed by atoms with Crippen molar-refractivity contribution < 1.29 is 4.74 Å². The van der Waals surface area contributed by atoms with Crippen molar-refractivity contribution in [2.75, 3.05) is 25.6 Å². The number of hydrogen-bond donors (Lipinski definition) is 1. The lowest BCUT2D eigenvalue weighted by Crippen LogP contribution is -2.26. The Labute approximate surface area is 116 Å². The van der Waals surface area contributed by atoms with Gasteiger partial charge in [-0.05, 0) is 28.3 Å². The molecule has 0 aromatic carbocycles. The van der Waals surface area contributed by atoms with Gasteiger partial charge in [0.2, 0.25) is 0 Å². The third-order valence-electron chi connectivity index (χ3n) is 2.36. The highest BCUT2D eigenvalue weighted by Gasteiger charge is 2.09. The van der Waals surface area contributed by atoms with Gasteiger partial charge in [-0.15, -0.1) is 0 Å². The van der Waals surface area contributed by atoms with E-state index in [0.29, 0.717) is 23.5 Å². The first-order valence-electron chi connectivity index (χ1n) is 6.04. The summed E-state index contributed by atoms with van der Waals surface area (Å²) in [4.78, 5) is 12.0. The van der Waals surface area contributed by atoms with E-state index in [0.717, 1.165) is 18.7 Å². The summed E-state index contributed by atoms with van der Waals surface area (Å²) in [6, 6.07) is 0. The summed E-state index contributed by atoms with van der Waals surface area (Å²) < 4.78 is 6.98. The predicted molar refractivity (Wildman–Crippen MR) is 76.0 cm³/mol. The zero-order valence-corrected chi connectivity index (χ0v) is 12.7. The van der Waals surface area contributed by atoms with E-state index < -0.39 is 0 Å². The molecule has 6 heteroatoms. The number of hydrogen-bond acceptors (Lipinski definition) is 4. The lowest BCUT2D eigenvalue weighted by Gasteiger charge is -2.11. The monoisotopic (exact) mass is 317 g/mol. The second-order valence-corrected chi connectivity index (χ2v) is 5.32. The number of halogens is 1. The standard InChI is InChI=1S/C12H20BrN3O2/c1-9(2)8-16-12(17)11(13)10(7-15-16)14-5-4-6-18-3/h7,9,14H,4-6,8H2,1-3H3. The number of nitrogens with zero attached hydrogens (tertiary/aromatic N) is 2. The Balaban J connectivity index is 2.72. The van der Waals surface area contributed by atoms with Gasteiger partial charge in [-0.25, -0.2) is 4.68 Å². The Morgan fingerprint density at radius 1 is 1.56 bits per heavy atom. The minimum absolute atomic E-state index is 0.0968. The van der Waals surface area contributed by atoms with Crippen LogP contribution in [0.5, 0.6) is 0 Å². The van der Waals surface area contributed by atoms with Gasteiger partial charge >= 0.3 is 0 Å². The molecule has 0 bridgehead atoms. The van der Waals surface area contributed by atoms with Crippen molar-refractivity contribution in [3.8, 4) is 0 Å². The van der Waals surface area contributed by atoms with Gasteiger partial charge < -0.3 is 10.1 Å². The van der Waals surface area contributed by atoms with Crippen LogP contribution in [0.2, 0.25) is 0 Å². The maximum atomic E-state index is 12.0. The van der Waals surface area contributed by atoms with E-state index in [2.05, 4.69) is 40.2 Å². The zero-order chi connectivity index (χ0) is 13.5. The molecule has 0 saturated carbocycles. The predicted octanol–water partition coefficient (Wildman–Crippen LogP) is 2.11. The summed E-state index contributed by atoms with van der Waals surface area (Å²) >= 11 is 3.32. The summed E-state index contributed by atoms with van der Waals surface area (Å²) in [5, 5.41) is 7.32. The first-order valence-corrected chi connectivity index (χ1v) is 6.84. The van der Waals surface area contributed by atoms with Crippen molar-refractivity contribution in [3.05, 3.63) is 21.0 Å². The van der Waals surface area contributed by atoms with Crippen molar-refractivity contribution in [1.82, 2.24) is 9.78 Å². The van der Waals surface area contributed by atoms with E-state index in [1.54, 1.807) is 13.3 Å². The van der Waals surface area contributed by atoms with Crippen LogP contribution in [0.25, 0.3) is 0 Å². The van der Waals surface area contributed by atoms with Crippen molar-refractivity contribution in [1.29, 1.82) is 0 Å². The first-order chi connectivity index (χ1) is 8.56. The van der Waals surface area contributed by atoms with Crippen LogP contribution in [0.3, 0.4) is 0 Å². The Hall–Kier alpha value is -0.880. The topological polar surface area (TPSA) is 56.1 Å². The lowest BCUT2D eigenvalue weighted by atomic mass is 10.2. The molecule has 0 amide bonds. The summed E-state index contributed by atoms with van der Waals surface area (Å²) in [6.45, 7) is 6.18. The smallest absolute Gasteiger partial charge is 0.283 e. The lowest BCUT2D eigenvalue weighted by molar-refractivity contribution is 0.198. The SMILES string of the molecule is COCCCNc1cnn(CC(C)C)c(=O)c1Br. The van der Waals surface area contributed by atoms with Gasteiger partial charge in [0, 0.05) is 26.8 Å². The summed E-state index contributed by atoms with van der Waals surface area (Å²) in [7, 11) is 1.67. The zero-order valence-electron chi connectivity index (χ0n) is 11.1. The van der Waals surface area contributed by atoms with Gasteiger partial charge in [0.05, 0.1) is 11.9 Å². The molecule has 1 aromatic rings. The molecule has 18 heavy (non-hydrogen) atoms. The number of rotatable bonds is 7. The van der Waals surface area contributed by atoms with Crippen LogP contribution in [-0.2, 0) is 11.3 Å². The number of nitrogens with one attached hydrogen (secondary N) is 1. The Morgan fingerprint density at radius 3 is 2.89 bits per heavy atom. The highest BCUT2D eigenvalue weighted by atomic mass is 79.9.